The van der Waals surface area contributed by atoms with E-state index in [9.17, 15) is 13.2 Å². The number of carbonyl (C=O) groups is 1. The van der Waals surface area contributed by atoms with Crippen molar-refractivity contribution < 1.29 is 22.1 Å². The number of esters is 1. The number of hydrogen-bond acceptors (Lipinski definition) is 7. The summed E-state index contributed by atoms with van der Waals surface area (Å²) in [6, 6.07) is 9.78. The molecule has 1 aromatic heterocycles. The van der Waals surface area contributed by atoms with Crippen molar-refractivity contribution in [3.05, 3.63) is 54.4 Å². The minimum atomic E-state index is -4.00. The second kappa shape index (κ2) is 7.89. The van der Waals surface area contributed by atoms with E-state index in [1.807, 2.05) is 0 Å². The first kappa shape index (κ1) is 17.9. The zero-order valence-electron chi connectivity index (χ0n) is 13.1. The number of nitrogens with zero attached hydrogens (tertiary/aromatic N) is 1. The molecule has 0 bridgehead atoms. The molecule has 7 nitrogen and oxygen atoms in total. The number of hydrogen-bond donors (Lipinski definition) is 1. The highest BCUT2D eigenvalue weighted by molar-refractivity contribution is 7.87. The fraction of sp³-hybridized carbons (Fsp3) is 0.250. The molecular formula is C16H18N2O5S. The molecular weight excluding hydrogens is 332 g/mol. The summed E-state index contributed by atoms with van der Waals surface area (Å²) in [4.78, 5) is 15.7. The van der Waals surface area contributed by atoms with E-state index in [1.165, 1.54) is 30.5 Å². The summed E-state index contributed by atoms with van der Waals surface area (Å²) in [7, 11) is -4.00. The molecule has 0 aliphatic heterocycles. The number of nitrogens with two attached hydrogens (primary N) is 1. The molecule has 2 aromatic rings. The summed E-state index contributed by atoms with van der Waals surface area (Å²) >= 11 is 0. The highest BCUT2D eigenvalue weighted by Gasteiger charge is 2.22. The van der Waals surface area contributed by atoms with Crippen LogP contribution in [0.5, 0.6) is 5.75 Å². The molecule has 1 atom stereocenters. The van der Waals surface area contributed by atoms with Crippen molar-refractivity contribution in [1.29, 1.82) is 0 Å². The van der Waals surface area contributed by atoms with Crippen LogP contribution in [0.25, 0.3) is 0 Å². The fourth-order valence-corrected chi connectivity index (χ4v) is 2.92. The van der Waals surface area contributed by atoms with Crippen molar-refractivity contribution in [2.45, 2.75) is 24.3 Å². The van der Waals surface area contributed by atoms with E-state index in [2.05, 4.69) is 4.98 Å². The average Bonchev–Trinajstić information content (AvgIpc) is 2.57. The molecule has 128 valence electrons. The Morgan fingerprint density at radius 3 is 2.58 bits per heavy atom. The number of carbonyl (C=O) groups excluding carboxylic acids is 1. The molecule has 0 radical (unpaired) electrons. The van der Waals surface area contributed by atoms with E-state index >= 15 is 0 Å². The highest BCUT2D eigenvalue weighted by atomic mass is 32.2. The average molecular weight is 350 g/mol. The van der Waals surface area contributed by atoms with E-state index in [0.717, 1.165) is 0 Å². The van der Waals surface area contributed by atoms with Crippen LogP contribution in [0.1, 0.15) is 12.6 Å². The van der Waals surface area contributed by atoms with Gasteiger partial charge < -0.3 is 14.7 Å². The van der Waals surface area contributed by atoms with Crippen molar-refractivity contribution in [3.8, 4) is 5.75 Å². The van der Waals surface area contributed by atoms with Gasteiger partial charge in [0.25, 0.3) is 0 Å². The van der Waals surface area contributed by atoms with Gasteiger partial charge >= 0.3 is 16.1 Å². The van der Waals surface area contributed by atoms with Gasteiger partial charge in [-0.25, -0.2) is 0 Å². The Balaban J connectivity index is 2.22. The van der Waals surface area contributed by atoms with Crippen molar-refractivity contribution in [3.63, 3.8) is 0 Å². The molecule has 1 aromatic carbocycles. The summed E-state index contributed by atoms with van der Waals surface area (Å²) in [6.45, 7) is 1.88. The quantitative estimate of drug-likeness (QED) is 0.592. The monoisotopic (exact) mass is 350 g/mol. The number of rotatable bonds is 7. The Labute approximate surface area is 140 Å². The summed E-state index contributed by atoms with van der Waals surface area (Å²) in [5.41, 5.74) is 6.02. The molecule has 0 spiro atoms. The van der Waals surface area contributed by atoms with E-state index in [-0.39, 0.29) is 29.4 Å². The highest BCUT2D eigenvalue weighted by Crippen LogP contribution is 2.22. The van der Waals surface area contributed by atoms with Gasteiger partial charge in [-0.2, -0.15) is 8.42 Å². The Kier molecular flexibility index (Phi) is 5.88. The first-order valence-electron chi connectivity index (χ1n) is 7.29. The zero-order valence-corrected chi connectivity index (χ0v) is 13.9. The molecule has 8 heteroatoms. The van der Waals surface area contributed by atoms with Crippen molar-refractivity contribution in [1.82, 2.24) is 4.98 Å². The summed E-state index contributed by atoms with van der Waals surface area (Å²) < 4.78 is 34.6. The first-order valence-corrected chi connectivity index (χ1v) is 8.70. The van der Waals surface area contributed by atoms with Crippen LogP contribution in [-0.4, -0.2) is 32.0 Å². The van der Waals surface area contributed by atoms with Crippen LogP contribution in [0.15, 0.2) is 53.6 Å². The summed E-state index contributed by atoms with van der Waals surface area (Å²) in [5, 5.41) is 0. The Morgan fingerprint density at radius 2 is 1.92 bits per heavy atom. The minimum Gasteiger partial charge on any atom is -0.465 e. The number of benzene rings is 1. The largest absolute Gasteiger partial charge is 0.465 e. The molecule has 0 amide bonds. The first-order chi connectivity index (χ1) is 11.4. The lowest BCUT2D eigenvalue weighted by Gasteiger charge is -2.13. The molecule has 0 aliphatic rings. The van der Waals surface area contributed by atoms with Crippen LogP contribution < -0.4 is 9.92 Å². The molecule has 1 unspecified atom stereocenters. The Bertz CT molecular complexity index is 793. The maximum Gasteiger partial charge on any atom is 0.339 e. The standard InChI is InChI=1S/C16H18N2O5S/c1-2-22-16(19)13(17)11-14-15(9-6-10-18-14)23-24(20,21)12-7-4-3-5-8-12/h3-10,13H,2,11,17H2,1H3. The zero-order chi connectivity index (χ0) is 17.6. The van der Waals surface area contributed by atoms with Crippen molar-refractivity contribution in [2.75, 3.05) is 6.61 Å². The van der Waals surface area contributed by atoms with Gasteiger partial charge in [-0.05, 0) is 31.2 Å². The van der Waals surface area contributed by atoms with E-state index < -0.39 is 22.1 Å². The third-order valence-corrected chi connectivity index (χ3v) is 4.33. The number of pyridine rings is 1. The Morgan fingerprint density at radius 1 is 1.21 bits per heavy atom. The van der Waals surface area contributed by atoms with Gasteiger partial charge in [-0.3, -0.25) is 9.78 Å². The smallest absolute Gasteiger partial charge is 0.339 e. The molecule has 1 heterocycles. The van der Waals surface area contributed by atoms with Gasteiger partial charge in [0, 0.05) is 12.6 Å². The molecule has 24 heavy (non-hydrogen) atoms. The van der Waals surface area contributed by atoms with Gasteiger partial charge in [0.05, 0.1) is 12.3 Å². The van der Waals surface area contributed by atoms with E-state index in [0.29, 0.717) is 0 Å². The van der Waals surface area contributed by atoms with Crippen LogP contribution in [0.2, 0.25) is 0 Å². The van der Waals surface area contributed by atoms with Gasteiger partial charge in [-0.1, -0.05) is 18.2 Å². The lowest BCUT2D eigenvalue weighted by molar-refractivity contribution is -0.144. The van der Waals surface area contributed by atoms with Crippen molar-refractivity contribution >= 4 is 16.1 Å². The summed E-state index contributed by atoms with van der Waals surface area (Å²) in [6.07, 6.45) is 1.47. The topological polar surface area (TPSA) is 109 Å². The third kappa shape index (κ3) is 4.53. The number of ether oxygens (including phenoxy) is 1. The lowest BCUT2D eigenvalue weighted by atomic mass is 10.1. The molecule has 0 fully saturated rings. The predicted octanol–water partition coefficient (Wildman–Crippen LogP) is 1.28. The lowest BCUT2D eigenvalue weighted by Crippen LogP contribution is -2.34. The van der Waals surface area contributed by atoms with Crippen LogP contribution in [0.4, 0.5) is 0 Å². The predicted molar refractivity (Wildman–Crippen MR) is 86.8 cm³/mol. The fourth-order valence-electron chi connectivity index (χ4n) is 1.95. The number of aromatic nitrogens is 1. The van der Waals surface area contributed by atoms with Gasteiger partial charge in [0.2, 0.25) is 0 Å². The molecule has 2 rings (SSSR count). The van der Waals surface area contributed by atoms with Crippen LogP contribution >= 0.6 is 0 Å². The normalized spacial score (nSPS) is 12.4. The molecule has 2 N–H and O–H groups in total. The second-order valence-electron chi connectivity index (χ2n) is 4.86. The van der Waals surface area contributed by atoms with Crippen LogP contribution in [-0.2, 0) is 26.1 Å². The summed E-state index contributed by atoms with van der Waals surface area (Å²) in [5.74, 6) is -0.555. The second-order valence-corrected chi connectivity index (χ2v) is 6.41. The van der Waals surface area contributed by atoms with Gasteiger partial charge in [0.1, 0.15) is 10.9 Å². The van der Waals surface area contributed by atoms with E-state index in [1.54, 1.807) is 25.1 Å². The van der Waals surface area contributed by atoms with E-state index in [4.69, 9.17) is 14.7 Å². The van der Waals surface area contributed by atoms with Gasteiger partial charge in [-0.15, -0.1) is 0 Å². The molecule has 0 saturated heterocycles. The molecule has 0 saturated carbocycles. The maximum absolute atomic E-state index is 12.3. The minimum absolute atomic E-state index is 0.000678. The third-order valence-electron chi connectivity index (χ3n) is 3.08. The molecule has 0 aliphatic carbocycles. The van der Waals surface area contributed by atoms with Crippen molar-refractivity contribution in [2.24, 2.45) is 5.73 Å². The van der Waals surface area contributed by atoms with Gasteiger partial charge in [0.15, 0.2) is 5.75 Å². The Hall–Kier alpha value is -2.45. The maximum atomic E-state index is 12.3. The SMILES string of the molecule is CCOC(=O)C(N)Cc1ncccc1OS(=O)(=O)c1ccccc1. The van der Waals surface area contributed by atoms with Crippen LogP contribution in [0, 0.1) is 0 Å². The van der Waals surface area contributed by atoms with Crippen LogP contribution in [0.3, 0.4) is 0 Å².